The second-order valence-electron chi connectivity index (χ2n) is 8.37. The van der Waals surface area contributed by atoms with Gasteiger partial charge < -0.3 is 9.64 Å². The fourth-order valence-corrected chi connectivity index (χ4v) is 4.67. The average Bonchev–Trinajstić information content (AvgIpc) is 3.44. The van der Waals surface area contributed by atoms with E-state index in [2.05, 4.69) is 0 Å². The van der Waals surface area contributed by atoms with Gasteiger partial charge in [-0.1, -0.05) is 36.4 Å². The molecule has 3 amide bonds. The molecule has 166 valence electrons. The molecule has 2 aliphatic heterocycles. The van der Waals surface area contributed by atoms with Crippen molar-refractivity contribution in [1.29, 1.82) is 0 Å². The van der Waals surface area contributed by atoms with Crippen LogP contribution in [0.3, 0.4) is 0 Å². The molecule has 1 atom stereocenters. The molecule has 2 heterocycles. The van der Waals surface area contributed by atoms with Crippen LogP contribution >= 0.6 is 0 Å². The number of carbonyl (C=O) groups is 3. The maximum Gasteiger partial charge on any atom is 0.261 e. The van der Waals surface area contributed by atoms with E-state index in [0.29, 0.717) is 23.2 Å². The summed E-state index contributed by atoms with van der Waals surface area (Å²) in [7, 11) is 1.64. The number of ether oxygens (including phenoxy) is 1. The summed E-state index contributed by atoms with van der Waals surface area (Å²) in [5.74, 6) is 0.217. The first-order chi connectivity index (χ1) is 16.1. The lowest BCUT2D eigenvalue weighted by Crippen LogP contribution is -2.31. The lowest BCUT2D eigenvalue weighted by Gasteiger charge is -2.25. The molecule has 1 saturated heterocycles. The summed E-state index contributed by atoms with van der Waals surface area (Å²) < 4.78 is 5.24. The maximum atomic E-state index is 13.2. The van der Waals surface area contributed by atoms with Crippen molar-refractivity contribution in [3.63, 3.8) is 0 Å². The summed E-state index contributed by atoms with van der Waals surface area (Å²) in [5.41, 5.74) is 3.38. The summed E-state index contributed by atoms with van der Waals surface area (Å²) in [6, 6.07) is 22.0. The highest BCUT2D eigenvalue weighted by atomic mass is 16.5. The van der Waals surface area contributed by atoms with Crippen LogP contribution < -0.4 is 4.74 Å². The molecule has 0 spiro atoms. The Morgan fingerprint density at radius 1 is 0.909 bits per heavy atom. The Morgan fingerprint density at radius 3 is 2.15 bits per heavy atom. The van der Waals surface area contributed by atoms with Crippen LogP contribution in [0.5, 0.6) is 5.75 Å². The predicted molar refractivity (Wildman–Crippen MR) is 123 cm³/mol. The van der Waals surface area contributed by atoms with Crippen molar-refractivity contribution >= 4 is 17.7 Å². The van der Waals surface area contributed by atoms with E-state index in [1.54, 1.807) is 43.5 Å². The number of fused-ring (bicyclic) bond motifs is 1. The van der Waals surface area contributed by atoms with Gasteiger partial charge in [-0.15, -0.1) is 0 Å². The molecule has 1 unspecified atom stereocenters. The highest BCUT2D eigenvalue weighted by molar-refractivity contribution is 6.21. The van der Waals surface area contributed by atoms with E-state index in [1.165, 1.54) is 4.90 Å². The lowest BCUT2D eigenvalue weighted by molar-refractivity contribution is 0.0640. The van der Waals surface area contributed by atoms with Crippen LogP contribution in [0.4, 0.5) is 0 Å². The standard InChI is InChI=1S/C27H24N2O4/c1-33-21-14-12-19(13-15-21)24-7-4-16-28(24)25(30)20-10-8-18(9-11-20)17-29-26(31)22-5-2-3-6-23(22)27(29)32/h2-3,5-6,8-15,24H,4,7,16-17H2,1H3. The van der Waals surface area contributed by atoms with Crippen molar-refractivity contribution in [2.75, 3.05) is 13.7 Å². The molecule has 3 aromatic carbocycles. The third-order valence-corrected chi connectivity index (χ3v) is 6.43. The van der Waals surface area contributed by atoms with Crippen molar-refractivity contribution in [2.45, 2.75) is 25.4 Å². The highest BCUT2D eigenvalue weighted by Crippen LogP contribution is 2.34. The third-order valence-electron chi connectivity index (χ3n) is 6.43. The summed E-state index contributed by atoms with van der Waals surface area (Å²) in [5, 5.41) is 0. The summed E-state index contributed by atoms with van der Waals surface area (Å²) in [6.45, 7) is 0.894. The molecule has 33 heavy (non-hydrogen) atoms. The zero-order chi connectivity index (χ0) is 22.9. The number of hydrogen-bond acceptors (Lipinski definition) is 4. The van der Waals surface area contributed by atoms with E-state index in [9.17, 15) is 14.4 Å². The number of hydrogen-bond donors (Lipinski definition) is 0. The van der Waals surface area contributed by atoms with Crippen LogP contribution in [0.25, 0.3) is 0 Å². The van der Waals surface area contributed by atoms with Crippen LogP contribution in [0.1, 0.15) is 61.1 Å². The van der Waals surface area contributed by atoms with Crippen molar-refractivity contribution in [3.05, 3.63) is 101 Å². The number of benzene rings is 3. The van der Waals surface area contributed by atoms with Crippen LogP contribution in [-0.4, -0.2) is 41.2 Å². The zero-order valence-electron chi connectivity index (χ0n) is 18.4. The van der Waals surface area contributed by atoms with Crippen LogP contribution in [0.15, 0.2) is 72.8 Å². The molecule has 0 radical (unpaired) electrons. The Kier molecular flexibility index (Phi) is 5.42. The monoisotopic (exact) mass is 440 g/mol. The number of amides is 3. The number of likely N-dealkylation sites (tertiary alicyclic amines) is 1. The van der Waals surface area contributed by atoms with E-state index < -0.39 is 0 Å². The number of nitrogens with zero attached hydrogens (tertiary/aromatic N) is 2. The van der Waals surface area contributed by atoms with E-state index in [0.717, 1.165) is 29.7 Å². The smallest absolute Gasteiger partial charge is 0.261 e. The van der Waals surface area contributed by atoms with Gasteiger partial charge in [0.15, 0.2) is 0 Å². The Bertz CT molecular complexity index is 1180. The van der Waals surface area contributed by atoms with E-state index in [4.69, 9.17) is 4.74 Å². The first-order valence-corrected chi connectivity index (χ1v) is 11.1. The molecule has 0 bridgehead atoms. The largest absolute Gasteiger partial charge is 0.497 e. The van der Waals surface area contributed by atoms with Gasteiger partial charge in [-0.25, -0.2) is 0 Å². The van der Waals surface area contributed by atoms with Crippen molar-refractivity contribution in [3.8, 4) is 5.75 Å². The molecule has 0 N–H and O–H groups in total. The molecule has 0 aliphatic carbocycles. The molecule has 0 saturated carbocycles. The van der Waals surface area contributed by atoms with Gasteiger partial charge in [-0.05, 0) is 60.4 Å². The Morgan fingerprint density at radius 2 is 1.55 bits per heavy atom. The minimum Gasteiger partial charge on any atom is -0.497 e. The molecular formula is C27H24N2O4. The normalized spacial score (nSPS) is 17.4. The minimum atomic E-state index is -0.282. The Labute approximate surface area is 192 Å². The van der Waals surface area contributed by atoms with Crippen LogP contribution in [0, 0.1) is 0 Å². The van der Waals surface area contributed by atoms with E-state index >= 15 is 0 Å². The topological polar surface area (TPSA) is 66.9 Å². The molecule has 6 heteroatoms. The van der Waals surface area contributed by atoms with Gasteiger partial charge in [-0.3, -0.25) is 19.3 Å². The molecule has 3 aromatic rings. The second kappa shape index (κ2) is 8.54. The van der Waals surface area contributed by atoms with Crippen LogP contribution in [-0.2, 0) is 6.54 Å². The first kappa shape index (κ1) is 20.9. The summed E-state index contributed by atoms with van der Waals surface area (Å²) >= 11 is 0. The molecule has 5 rings (SSSR count). The fourth-order valence-electron chi connectivity index (χ4n) is 4.67. The van der Waals surface area contributed by atoms with Crippen LogP contribution in [0.2, 0.25) is 0 Å². The molecule has 0 aromatic heterocycles. The van der Waals surface area contributed by atoms with Gasteiger partial charge in [0.2, 0.25) is 0 Å². The predicted octanol–water partition coefficient (Wildman–Crippen LogP) is 4.47. The number of methoxy groups -OCH3 is 1. The van der Waals surface area contributed by atoms with Gasteiger partial charge in [0.25, 0.3) is 17.7 Å². The van der Waals surface area contributed by atoms with Gasteiger partial charge in [0.05, 0.1) is 30.8 Å². The Balaban J connectivity index is 1.30. The molecular weight excluding hydrogens is 416 g/mol. The minimum absolute atomic E-state index is 0.0133. The first-order valence-electron chi connectivity index (χ1n) is 11.1. The third kappa shape index (κ3) is 3.78. The molecule has 6 nitrogen and oxygen atoms in total. The zero-order valence-corrected chi connectivity index (χ0v) is 18.4. The fraction of sp³-hybridized carbons (Fsp3) is 0.222. The van der Waals surface area contributed by atoms with Gasteiger partial charge in [0.1, 0.15) is 5.75 Å². The molecule has 2 aliphatic rings. The quantitative estimate of drug-likeness (QED) is 0.549. The molecule has 1 fully saturated rings. The number of carbonyl (C=O) groups excluding carboxylic acids is 3. The maximum absolute atomic E-state index is 13.2. The Hall–Kier alpha value is -3.93. The van der Waals surface area contributed by atoms with Gasteiger partial charge in [0, 0.05) is 12.1 Å². The highest BCUT2D eigenvalue weighted by Gasteiger charge is 2.35. The second-order valence-corrected chi connectivity index (χ2v) is 8.37. The summed E-state index contributed by atoms with van der Waals surface area (Å²) in [6.07, 6.45) is 1.89. The van der Waals surface area contributed by atoms with Crippen molar-refractivity contribution in [1.82, 2.24) is 9.80 Å². The average molecular weight is 440 g/mol. The lowest BCUT2D eigenvalue weighted by atomic mass is 10.0. The van der Waals surface area contributed by atoms with E-state index in [-0.39, 0.29) is 30.3 Å². The van der Waals surface area contributed by atoms with Crippen molar-refractivity contribution in [2.24, 2.45) is 0 Å². The SMILES string of the molecule is COc1ccc(C2CCCN2C(=O)c2ccc(CN3C(=O)c4ccccc4C3=O)cc2)cc1. The summed E-state index contributed by atoms with van der Waals surface area (Å²) in [4.78, 5) is 41.6. The number of rotatable bonds is 5. The van der Waals surface area contributed by atoms with Gasteiger partial charge in [-0.2, -0.15) is 0 Å². The van der Waals surface area contributed by atoms with Gasteiger partial charge >= 0.3 is 0 Å². The number of imide groups is 1. The van der Waals surface area contributed by atoms with E-state index in [1.807, 2.05) is 41.3 Å². The van der Waals surface area contributed by atoms with Crippen molar-refractivity contribution < 1.29 is 19.1 Å².